The summed E-state index contributed by atoms with van der Waals surface area (Å²) < 4.78 is 4.61. The van der Waals surface area contributed by atoms with Crippen LogP contribution in [0.15, 0.2) is 6.20 Å². The van der Waals surface area contributed by atoms with Gasteiger partial charge in [0, 0.05) is 13.1 Å². The maximum absolute atomic E-state index is 11.2. The highest BCUT2D eigenvalue weighted by molar-refractivity contribution is 7.17. The van der Waals surface area contributed by atoms with Gasteiger partial charge in [0.05, 0.1) is 13.3 Å². The molecule has 16 heavy (non-hydrogen) atoms. The highest BCUT2D eigenvalue weighted by Crippen LogP contribution is 2.18. The molecule has 90 valence electrons. The Morgan fingerprint density at radius 1 is 1.69 bits per heavy atom. The van der Waals surface area contributed by atoms with E-state index in [-0.39, 0.29) is 5.97 Å². The Hall–Kier alpha value is -1.14. The number of ether oxygens (including phenoxy) is 1. The van der Waals surface area contributed by atoms with Gasteiger partial charge in [-0.1, -0.05) is 18.3 Å². The maximum Gasteiger partial charge on any atom is 0.349 e. The normalized spacial score (nSPS) is 10.5. The number of thiazole rings is 1. The van der Waals surface area contributed by atoms with E-state index in [0.717, 1.165) is 24.8 Å². The molecule has 0 atom stereocenters. The van der Waals surface area contributed by atoms with Gasteiger partial charge < -0.3 is 15.0 Å². The summed E-state index contributed by atoms with van der Waals surface area (Å²) in [6, 6.07) is 0. The fraction of sp³-hybridized carbons (Fsp3) is 0.600. The highest BCUT2D eigenvalue weighted by atomic mass is 32.1. The monoisotopic (exact) mass is 243 g/mol. The summed E-state index contributed by atoms with van der Waals surface area (Å²) in [5, 5.41) is 3.92. The molecule has 0 unspecified atom stereocenters. The number of carbonyl (C=O) groups excluding carboxylic acids is 1. The van der Waals surface area contributed by atoms with Gasteiger partial charge in [0.25, 0.3) is 0 Å². The number of hydrogen-bond donors (Lipinski definition) is 1. The van der Waals surface area contributed by atoms with Crippen LogP contribution < -0.4 is 5.32 Å². The molecule has 1 N–H and O–H groups in total. The van der Waals surface area contributed by atoms with Crippen LogP contribution in [0.4, 0.5) is 5.13 Å². The standard InChI is InChI=1S/C10H17N3O2S/c1-4-13(2)6-5-11-10-12-7-8(16-10)9(14)15-3/h7H,4-6H2,1-3H3,(H,11,12). The van der Waals surface area contributed by atoms with E-state index in [1.807, 2.05) is 0 Å². The molecule has 1 aromatic rings. The third-order valence-corrected chi connectivity index (χ3v) is 3.14. The molecule has 0 fully saturated rings. The van der Waals surface area contributed by atoms with Crippen LogP contribution >= 0.6 is 11.3 Å². The first-order chi connectivity index (χ1) is 7.67. The second-order valence-electron chi connectivity index (χ2n) is 3.34. The van der Waals surface area contributed by atoms with Crippen LogP contribution in [0.25, 0.3) is 0 Å². The molecule has 5 nitrogen and oxygen atoms in total. The van der Waals surface area contributed by atoms with Gasteiger partial charge in [-0.3, -0.25) is 0 Å². The lowest BCUT2D eigenvalue weighted by molar-refractivity contribution is 0.0606. The number of anilines is 1. The van der Waals surface area contributed by atoms with Crippen molar-refractivity contribution < 1.29 is 9.53 Å². The summed E-state index contributed by atoms with van der Waals surface area (Å²) in [6.45, 7) is 4.90. The van der Waals surface area contributed by atoms with Crippen molar-refractivity contribution in [2.24, 2.45) is 0 Å². The molecule has 0 aliphatic rings. The van der Waals surface area contributed by atoms with E-state index in [4.69, 9.17) is 0 Å². The Labute approximate surface area is 99.4 Å². The minimum Gasteiger partial charge on any atom is -0.465 e. The van der Waals surface area contributed by atoms with Crippen molar-refractivity contribution in [2.75, 3.05) is 39.1 Å². The van der Waals surface area contributed by atoms with Gasteiger partial charge in [0.1, 0.15) is 4.88 Å². The lowest BCUT2D eigenvalue weighted by atomic mass is 10.5. The van der Waals surface area contributed by atoms with Crippen LogP contribution in [0.5, 0.6) is 0 Å². The molecular formula is C10H17N3O2S. The Bertz CT molecular complexity index is 341. The zero-order valence-electron chi connectivity index (χ0n) is 9.82. The molecular weight excluding hydrogens is 226 g/mol. The predicted molar refractivity (Wildman–Crippen MR) is 65.1 cm³/mol. The number of rotatable bonds is 6. The lowest BCUT2D eigenvalue weighted by Gasteiger charge is -2.13. The Kier molecular flexibility index (Phi) is 5.21. The number of aromatic nitrogens is 1. The smallest absolute Gasteiger partial charge is 0.349 e. The second kappa shape index (κ2) is 6.44. The summed E-state index contributed by atoms with van der Waals surface area (Å²) >= 11 is 1.31. The molecule has 1 heterocycles. The summed E-state index contributed by atoms with van der Waals surface area (Å²) in [6.07, 6.45) is 1.53. The second-order valence-corrected chi connectivity index (χ2v) is 4.37. The number of nitrogens with zero attached hydrogens (tertiary/aromatic N) is 2. The molecule has 0 spiro atoms. The van der Waals surface area contributed by atoms with E-state index < -0.39 is 0 Å². The van der Waals surface area contributed by atoms with E-state index in [9.17, 15) is 4.79 Å². The number of hydrogen-bond acceptors (Lipinski definition) is 6. The van der Waals surface area contributed by atoms with Gasteiger partial charge in [-0.05, 0) is 13.6 Å². The first-order valence-corrected chi connectivity index (χ1v) is 5.95. The summed E-state index contributed by atoms with van der Waals surface area (Å²) in [5.41, 5.74) is 0. The van der Waals surface area contributed by atoms with Crippen LogP contribution in [0.2, 0.25) is 0 Å². The van der Waals surface area contributed by atoms with Gasteiger partial charge in [0.15, 0.2) is 5.13 Å². The van der Waals surface area contributed by atoms with Crippen molar-refractivity contribution in [1.29, 1.82) is 0 Å². The third-order valence-electron chi connectivity index (χ3n) is 2.20. The van der Waals surface area contributed by atoms with Gasteiger partial charge in [-0.15, -0.1) is 0 Å². The molecule has 0 aliphatic carbocycles. The van der Waals surface area contributed by atoms with Gasteiger partial charge in [-0.25, -0.2) is 9.78 Å². The van der Waals surface area contributed by atoms with E-state index in [2.05, 4.69) is 33.9 Å². The number of carbonyl (C=O) groups is 1. The van der Waals surface area contributed by atoms with Crippen molar-refractivity contribution >= 4 is 22.4 Å². The zero-order valence-corrected chi connectivity index (χ0v) is 10.6. The fourth-order valence-electron chi connectivity index (χ4n) is 1.06. The molecule has 6 heteroatoms. The van der Waals surface area contributed by atoms with Crippen LogP contribution in [-0.4, -0.2) is 49.6 Å². The molecule has 0 bridgehead atoms. The average Bonchev–Trinajstić information content (AvgIpc) is 2.76. The number of esters is 1. The first-order valence-electron chi connectivity index (χ1n) is 5.14. The Balaban J connectivity index is 2.38. The van der Waals surface area contributed by atoms with E-state index in [0.29, 0.717) is 4.88 Å². The van der Waals surface area contributed by atoms with E-state index >= 15 is 0 Å². The molecule has 0 radical (unpaired) electrons. The molecule has 1 rings (SSSR count). The topological polar surface area (TPSA) is 54.5 Å². The van der Waals surface area contributed by atoms with Gasteiger partial charge in [0.2, 0.25) is 0 Å². The van der Waals surface area contributed by atoms with Crippen LogP contribution in [0.3, 0.4) is 0 Å². The lowest BCUT2D eigenvalue weighted by Crippen LogP contribution is -2.24. The number of nitrogens with one attached hydrogen (secondary N) is 1. The molecule has 1 aromatic heterocycles. The molecule has 0 amide bonds. The van der Waals surface area contributed by atoms with Crippen molar-refractivity contribution in [2.45, 2.75) is 6.92 Å². The van der Waals surface area contributed by atoms with Crippen molar-refractivity contribution in [3.63, 3.8) is 0 Å². The number of likely N-dealkylation sites (N-methyl/N-ethyl adjacent to an activating group) is 1. The maximum atomic E-state index is 11.2. The Morgan fingerprint density at radius 3 is 3.06 bits per heavy atom. The first kappa shape index (κ1) is 12.9. The number of methoxy groups -OCH3 is 1. The van der Waals surface area contributed by atoms with Gasteiger partial charge in [-0.2, -0.15) is 0 Å². The van der Waals surface area contributed by atoms with Crippen molar-refractivity contribution in [3.8, 4) is 0 Å². The van der Waals surface area contributed by atoms with Crippen LogP contribution in [-0.2, 0) is 4.74 Å². The minimum absolute atomic E-state index is 0.337. The minimum atomic E-state index is -0.337. The largest absolute Gasteiger partial charge is 0.465 e. The quantitative estimate of drug-likeness (QED) is 0.763. The van der Waals surface area contributed by atoms with Crippen LogP contribution in [0, 0.1) is 0 Å². The van der Waals surface area contributed by atoms with E-state index in [1.54, 1.807) is 0 Å². The van der Waals surface area contributed by atoms with E-state index in [1.165, 1.54) is 24.6 Å². The summed E-state index contributed by atoms with van der Waals surface area (Å²) in [4.78, 5) is 18.0. The Morgan fingerprint density at radius 2 is 2.44 bits per heavy atom. The predicted octanol–water partition coefficient (Wildman–Crippen LogP) is 1.29. The SMILES string of the molecule is CCN(C)CCNc1ncc(C(=O)OC)s1. The molecule has 0 saturated heterocycles. The third kappa shape index (κ3) is 3.79. The van der Waals surface area contributed by atoms with Gasteiger partial charge >= 0.3 is 5.97 Å². The fourth-order valence-corrected chi connectivity index (χ4v) is 1.82. The summed E-state index contributed by atoms with van der Waals surface area (Å²) in [7, 11) is 3.43. The molecule has 0 saturated carbocycles. The highest BCUT2D eigenvalue weighted by Gasteiger charge is 2.09. The summed E-state index contributed by atoms with van der Waals surface area (Å²) in [5.74, 6) is -0.337. The molecule has 0 aliphatic heterocycles. The van der Waals surface area contributed by atoms with Crippen molar-refractivity contribution in [1.82, 2.24) is 9.88 Å². The zero-order chi connectivity index (χ0) is 12.0. The van der Waals surface area contributed by atoms with Crippen LogP contribution in [0.1, 0.15) is 16.6 Å². The van der Waals surface area contributed by atoms with Crippen molar-refractivity contribution in [3.05, 3.63) is 11.1 Å². The average molecular weight is 243 g/mol. The molecule has 0 aromatic carbocycles.